The summed E-state index contributed by atoms with van der Waals surface area (Å²) >= 11 is 0. The van der Waals surface area contributed by atoms with Crippen LogP contribution in [-0.2, 0) is 24.3 Å². The zero-order chi connectivity index (χ0) is 17.4. The Hall–Kier alpha value is -0.210. The van der Waals surface area contributed by atoms with Crippen LogP contribution in [0.3, 0.4) is 0 Å². The van der Waals surface area contributed by atoms with Crippen molar-refractivity contribution in [1.82, 2.24) is 0 Å². The third kappa shape index (κ3) is 19.7. The Bertz CT molecular complexity index is 344. The molecule has 0 aliphatic carbocycles. The Morgan fingerprint density at radius 2 is 1.43 bits per heavy atom. The van der Waals surface area contributed by atoms with Gasteiger partial charge < -0.3 is 14.2 Å². The molecule has 0 radical (unpaired) electrons. The van der Waals surface area contributed by atoms with Gasteiger partial charge >= 0.3 is 0 Å². The zero-order valence-corrected chi connectivity index (χ0v) is 15.5. The molecule has 0 aliphatic heterocycles. The monoisotopic (exact) mass is 354 g/mol. The SMILES string of the molecule is CCCCCCCCCCOC(C)COCCOCS(=O)(=O)O. The van der Waals surface area contributed by atoms with Crippen LogP contribution >= 0.6 is 0 Å². The molecule has 0 aromatic heterocycles. The molecule has 0 rings (SSSR count). The molecule has 0 bridgehead atoms. The van der Waals surface area contributed by atoms with Gasteiger partial charge in [0.25, 0.3) is 10.1 Å². The largest absolute Gasteiger partial charge is 0.376 e. The predicted molar refractivity (Wildman–Crippen MR) is 91.2 cm³/mol. The topological polar surface area (TPSA) is 82.1 Å². The quantitative estimate of drug-likeness (QED) is 0.318. The molecule has 1 N–H and O–H groups in total. The van der Waals surface area contributed by atoms with E-state index in [0.29, 0.717) is 6.61 Å². The smallest absolute Gasteiger partial charge is 0.289 e. The van der Waals surface area contributed by atoms with Gasteiger partial charge in [-0.3, -0.25) is 4.55 Å². The van der Waals surface area contributed by atoms with E-state index in [9.17, 15) is 8.42 Å². The van der Waals surface area contributed by atoms with Crippen molar-refractivity contribution in [3.8, 4) is 0 Å². The Labute approximate surface area is 141 Å². The summed E-state index contributed by atoms with van der Waals surface area (Å²) in [6, 6.07) is 0. The van der Waals surface area contributed by atoms with Gasteiger partial charge in [-0.2, -0.15) is 8.42 Å². The number of hydrogen-bond donors (Lipinski definition) is 1. The average molecular weight is 355 g/mol. The molecule has 23 heavy (non-hydrogen) atoms. The van der Waals surface area contributed by atoms with Crippen molar-refractivity contribution >= 4 is 10.1 Å². The van der Waals surface area contributed by atoms with Gasteiger partial charge in [0, 0.05) is 6.61 Å². The van der Waals surface area contributed by atoms with Crippen LogP contribution in [0.1, 0.15) is 65.2 Å². The van der Waals surface area contributed by atoms with E-state index < -0.39 is 16.1 Å². The first-order chi connectivity index (χ1) is 11.0. The molecule has 0 heterocycles. The molecule has 0 spiro atoms. The maximum absolute atomic E-state index is 10.4. The van der Waals surface area contributed by atoms with Gasteiger partial charge in [0.2, 0.25) is 0 Å². The summed E-state index contributed by atoms with van der Waals surface area (Å²) in [5, 5.41) is 0. The first-order valence-electron chi connectivity index (χ1n) is 8.68. The minimum absolute atomic E-state index is 0.0149. The summed E-state index contributed by atoms with van der Waals surface area (Å²) in [5.74, 6) is -0.694. The van der Waals surface area contributed by atoms with E-state index in [1.165, 1.54) is 44.9 Å². The lowest BCUT2D eigenvalue weighted by Crippen LogP contribution is -2.19. The standard InChI is InChI=1S/C16H34O6S/c1-3-4-5-6-7-8-9-10-11-22-16(2)14-20-12-13-21-15-23(17,18)19/h16H,3-15H2,1-2H3,(H,17,18,19). The highest BCUT2D eigenvalue weighted by atomic mass is 32.2. The van der Waals surface area contributed by atoms with Crippen LogP contribution in [0.4, 0.5) is 0 Å². The summed E-state index contributed by atoms with van der Waals surface area (Å²) in [5.41, 5.74) is 0. The lowest BCUT2D eigenvalue weighted by molar-refractivity contribution is -0.0211. The number of rotatable bonds is 17. The normalized spacial score (nSPS) is 13.3. The van der Waals surface area contributed by atoms with Gasteiger partial charge in [0.15, 0.2) is 5.94 Å². The van der Waals surface area contributed by atoms with Crippen LogP contribution in [0.25, 0.3) is 0 Å². The number of unbranched alkanes of at least 4 members (excludes halogenated alkanes) is 7. The molecule has 6 nitrogen and oxygen atoms in total. The van der Waals surface area contributed by atoms with Crippen molar-refractivity contribution in [3.63, 3.8) is 0 Å². The van der Waals surface area contributed by atoms with Crippen LogP contribution < -0.4 is 0 Å². The van der Waals surface area contributed by atoms with Crippen LogP contribution in [-0.4, -0.2) is 51.4 Å². The summed E-state index contributed by atoms with van der Waals surface area (Å²) in [6.45, 7) is 5.79. The highest BCUT2D eigenvalue weighted by molar-refractivity contribution is 7.85. The highest BCUT2D eigenvalue weighted by Crippen LogP contribution is 2.08. The molecule has 0 aromatic carbocycles. The van der Waals surface area contributed by atoms with Gasteiger partial charge in [-0.05, 0) is 13.3 Å². The van der Waals surface area contributed by atoms with E-state index in [1.807, 2.05) is 6.92 Å². The molecular weight excluding hydrogens is 320 g/mol. The molecule has 7 heteroatoms. The minimum Gasteiger partial charge on any atom is -0.376 e. The molecular formula is C16H34O6S. The van der Waals surface area contributed by atoms with Gasteiger partial charge in [0.05, 0.1) is 25.9 Å². The van der Waals surface area contributed by atoms with Gasteiger partial charge in [-0.25, -0.2) is 0 Å². The molecule has 0 amide bonds. The lowest BCUT2D eigenvalue weighted by Gasteiger charge is -2.13. The number of ether oxygens (including phenoxy) is 3. The van der Waals surface area contributed by atoms with Crippen molar-refractivity contribution in [2.24, 2.45) is 0 Å². The second-order valence-corrected chi connectivity index (χ2v) is 7.24. The van der Waals surface area contributed by atoms with E-state index in [1.54, 1.807) is 0 Å². The fourth-order valence-electron chi connectivity index (χ4n) is 2.10. The molecule has 0 fully saturated rings. The van der Waals surface area contributed by atoms with Gasteiger partial charge in [0.1, 0.15) is 0 Å². The van der Waals surface area contributed by atoms with Crippen molar-refractivity contribution in [2.75, 3.05) is 32.4 Å². The third-order valence-electron chi connectivity index (χ3n) is 3.36. The summed E-state index contributed by atoms with van der Waals surface area (Å²) in [4.78, 5) is 0. The lowest BCUT2D eigenvalue weighted by atomic mass is 10.1. The van der Waals surface area contributed by atoms with E-state index in [2.05, 4.69) is 6.92 Å². The van der Waals surface area contributed by atoms with Gasteiger partial charge in [-0.15, -0.1) is 0 Å². The highest BCUT2D eigenvalue weighted by Gasteiger charge is 2.05. The fourth-order valence-corrected chi connectivity index (χ4v) is 2.43. The predicted octanol–water partition coefficient (Wildman–Crippen LogP) is 3.41. The Morgan fingerprint density at radius 3 is 2.04 bits per heavy atom. The Balaban J connectivity index is 3.23. The second-order valence-electron chi connectivity index (χ2n) is 5.84. The van der Waals surface area contributed by atoms with E-state index in [4.69, 9.17) is 18.8 Å². The fraction of sp³-hybridized carbons (Fsp3) is 1.00. The molecule has 0 saturated heterocycles. The second kappa shape index (κ2) is 15.3. The van der Waals surface area contributed by atoms with Crippen molar-refractivity contribution in [1.29, 1.82) is 0 Å². The first kappa shape index (κ1) is 22.8. The maximum atomic E-state index is 10.4. The van der Waals surface area contributed by atoms with Crippen molar-refractivity contribution < 1.29 is 27.2 Å². The Morgan fingerprint density at radius 1 is 0.870 bits per heavy atom. The van der Waals surface area contributed by atoms with Crippen LogP contribution in [0.2, 0.25) is 0 Å². The zero-order valence-electron chi connectivity index (χ0n) is 14.7. The molecule has 0 saturated carbocycles. The van der Waals surface area contributed by atoms with E-state index in [-0.39, 0.29) is 19.3 Å². The van der Waals surface area contributed by atoms with Crippen LogP contribution in [0.5, 0.6) is 0 Å². The van der Waals surface area contributed by atoms with E-state index in [0.717, 1.165) is 13.0 Å². The van der Waals surface area contributed by atoms with E-state index >= 15 is 0 Å². The van der Waals surface area contributed by atoms with Crippen molar-refractivity contribution in [3.05, 3.63) is 0 Å². The molecule has 0 aliphatic rings. The van der Waals surface area contributed by atoms with Crippen molar-refractivity contribution in [2.45, 2.75) is 71.3 Å². The molecule has 140 valence electrons. The molecule has 1 unspecified atom stereocenters. The third-order valence-corrected chi connectivity index (χ3v) is 3.82. The Kier molecular flexibility index (Phi) is 15.2. The average Bonchev–Trinajstić information content (AvgIpc) is 2.48. The van der Waals surface area contributed by atoms with Crippen LogP contribution in [0, 0.1) is 0 Å². The van der Waals surface area contributed by atoms with Crippen LogP contribution in [0.15, 0.2) is 0 Å². The summed E-state index contributed by atoms with van der Waals surface area (Å²) in [7, 11) is -4.06. The first-order valence-corrected chi connectivity index (χ1v) is 10.3. The van der Waals surface area contributed by atoms with Gasteiger partial charge in [-0.1, -0.05) is 51.9 Å². The maximum Gasteiger partial charge on any atom is 0.289 e. The summed E-state index contributed by atoms with van der Waals surface area (Å²) in [6.07, 6.45) is 10.3. The molecule has 0 aromatic rings. The number of hydrogen-bond acceptors (Lipinski definition) is 5. The molecule has 1 atom stereocenters. The summed E-state index contributed by atoms with van der Waals surface area (Å²) < 4.78 is 45.0. The minimum atomic E-state index is -4.06.